The highest BCUT2D eigenvalue weighted by Crippen LogP contribution is 2.56. The van der Waals surface area contributed by atoms with E-state index in [9.17, 15) is 9.50 Å². The third kappa shape index (κ3) is 1.25. The molecule has 0 amide bonds. The molecule has 1 aliphatic carbocycles. The van der Waals surface area contributed by atoms with Gasteiger partial charge in [0, 0.05) is 24.2 Å². The van der Waals surface area contributed by atoms with Crippen molar-refractivity contribution in [1.29, 1.82) is 0 Å². The van der Waals surface area contributed by atoms with E-state index in [1.54, 1.807) is 24.9 Å². The van der Waals surface area contributed by atoms with Crippen molar-refractivity contribution in [3.8, 4) is 0 Å². The Balaban J connectivity index is 2.27. The maximum Gasteiger partial charge on any atom is 0.109 e. The van der Waals surface area contributed by atoms with Gasteiger partial charge in [0.2, 0.25) is 0 Å². The lowest BCUT2D eigenvalue weighted by Gasteiger charge is -2.16. The van der Waals surface area contributed by atoms with Gasteiger partial charge >= 0.3 is 0 Å². The standard InChI is InChI=1S/C10H15FN2O/c1-6-7(5-13(3)12-6)9(14)10(2)4-8(10)11/h5,8-9,14H,4H2,1-3H3. The number of hydrogen-bond donors (Lipinski definition) is 1. The zero-order chi connectivity index (χ0) is 10.5. The Kier molecular flexibility index (Phi) is 1.93. The molecule has 1 saturated carbocycles. The first-order valence-corrected chi connectivity index (χ1v) is 4.77. The maximum atomic E-state index is 13.0. The summed E-state index contributed by atoms with van der Waals surface area (Å²) in [6, 6.07) is 0. The number of rotatable bonds is 2. The van der Waals surface area contributed by atoms with Gasteiger partial charge in [-0.15, -0.1) is 0 Å². The number of nitrogens with zero attached hydrogens (tertiary/aromatic N) is 2. The smallest absolute Gasteiger partial charge is 0.109 e. The zero-order valence-corrected chi connectivity index (χ0v) is 8.66. The molecule has 0 saturated heterocycles. The highest BCUT2D eigenvalue weighted by Gasteiger charge is 2.57. The van der Waals surface area contributed by atoms with Crippen molar-refractivity contribution < 1.29 is 9.50 Å². The summed E-state index contributed by atoms with van der Waals surface area (Å²) in [7, 11) is 1.80. The van der Waals surface area contributed by atoms with Gasteiger partial charge in [0.1, 0.15) is 6.17 Å². The molecule has 3 atom stereocenters. The minimum Gasteiger partial charge on any atom is -0.388 e. The second-order valence-corrected chi connectivity index (χ2v) is 4.42. The van der Waals surface area contributed by atoms with Gasteiger partial charge in [-0.25, -0.2) is 4.39 Å². The number of aliphatic hydroxyl groups excluding tert-OH is 1. The van der Waals surface area contributed by atoms with E-state index in [1.807, 2.05) is 6.92 Å². The van der Waals surface area contributed by atoms with Gasteiger partial charge in [-0.1, -0.05) is 6.92 Å². The first-order chi connectivity index (χ1) is 6.45. The first-order valence-electron chi connectivity index (χ1n) is 4.77. The molecule has 14 heavy (non-hydrogen) atoms. The summed E-state index contributed by atoms with van der Waals surface area (Å²) >= 11 is 0. The summed E-state index contributed by atoms with van der Waals surface area (Å²) in [5, 5.41) is 14.1. The predicted molar refractivity (Wildman–Crippen MR) is 50.5 cm³/mol. The lowest BCUT2D eigenvalue weighted by atomic mass is 9.95. The van der Waals surface area contributed by atoms with Crippen LogP contribution < -0.4 is 0 Å². The Morgan fingerprint density at radius 1 is 1.79 bits per heavy atom. The number of hydrogen-bond acceptors (Lipinski definition) is 2. The van der Waals surface area contributed by atoms with Crippen LogP contribution in [0.1, 0.15) is 30.7 Å². The Bertz CT molecular complexity index is 363. The van der Waals surface area contributed by atoms with Crippen LogP contribution in [0.25, 0.3) is 0 Å². The normalized spacial score (nSPS) is 33.1. The van der Waals surface area contributed by atoms with Crippen LogP contribution in [0, 0.1) is 12.3 Å². The summed E-state index contributed by atoms with van der Waals surface area (Å²) in [6.45, 7) is 3.60. The van der Waals surface area contributed by atoms with Gasteiger partial charge < -0.3 is 5.11 Å². The molecule has 0 aromatic carbocycles. The molecule has 1 aliphatic rings. The Morgan fingerprint density at radius 3 is 2.71 bits per heavy atom. The summed E-state index contributed by atoms with van der Waals surface area (Å²) < 4.78 is 14.7. The number of aromatic nitrogens is 2. The van der Waals surface area contributed by atoms with Gasteiger partial charge in [-0.3, -0.25) is 4.68 Å². The molecule has 0 radical (unpaired) electrons. The molecular weight excluding hydrogens is 183 g/mol. The lowest BCUT2D eigenvalue weighted by molar-refractivity contribution is 0.0868. The van der Waals surface area contributed by atoms with Crippen molar-refractivity contribution in [2.24, 2.45) is 12.5 Å². The molecule has 1 aromatic heterocycles. The van der Waals surface area contributed by atoms with Crippen molar-refractivity contribution in [2.75, 3.05) is 0 Å². The van der Waals surface area contributed by atoms with Crippen LogP contribution in [-0.4, -0.2) is 21.1 Å². The van der Waals surface area contributed by atoms with Gasteiger partial charge in [0.05, 0.1) is 11.8 Å². The van der Waals surface area contributed by atoms with E-state index < -0.39 is 17.7 Å². The van der Waals surface area contributed by atoms with E-state index in [0.717, 1.165) is 11.3 Å². The van der Waals surface area contributed by atoms with Crippen LogP contribution in [0.2, 0.25) is 0 Å². The highest BCUT2D eigenvalue weighted by molar-refractivity contribution is 5.24. The monoisotopic (exact) mass is 198 g/mol. The van der Waals surface area contributed by atoms with Crippen LogP contribution >= 0.6 is 0 Å². The van der Waals surface area contributed by atoms with Crippen LogP contribution in [0.4, 0.5) is 4.39 Å². The number of aliphatic hydroxyl groups is 1. The average molecular weight is 198 g/mol. The molecular formula is C10H15FN2O. The summed E-state index contributed by atoms with van der Waals surface area (Å²) in [4.78, 5) is 0. The molecule has 78 valence electrons. The fraction of sp³-hybridized carbons (Fsp3) is 0.700. The van der Waals surface area contributed by atoms with E-state index in [4.69, 9.17) is 0 Å². The SMILES string of the molecule is Cc1nn(C)cc1C(O)C1(C)CC1F. The van der Waals surface area contributed by atoms with E-state index >= 15 is 0 Å². The van der Waals surface area contributed by atoms with Crippen LogP contribution in [0.15, 0.2) is 6.20 Å². The molecule has 0 spiro atoms. The maximum absolute atomic E-state index is 13.0. The summed E-state index contributed by atoms with van der Waals surface area (Å²) in [5.74, 6) is 0. The third-order valence-corrected chi connectivity index (χ3v) is 3.15. The van der Waals surface area contributed by atoms with Crippen molar-refractivity contribution in [3.63, 3.8) is 0 Å². The van der Waals surface area contributed by atoms with E-state index in [0.29, 0.717) is 6.42 Å². The summed E-state index contributed by atoms with van der Waals surface area (Å²) in [6.07, 6.45) is 0.599. The van der Waals surface area contributed by atoms with Gasteiger partial charge in [0.15, 0.2) is 0 Å². The molecule has 2 rings (SSSR count). The van der Waals surface area contributed by atoms with Crippen molar-refractivity contribution in [3.05, 3.63) is 17.5 Å². The lowest BCUT2D eigenvalue weighted by Crippen LogP contribution is -2.13. The van der Waals surface area contributed by atoms with E-state index in [-0.39, 0.29) is 0 Å². The van der Waals surface area contributed by atoms with Gasteiger partial charge in [0.25, 0.3) is 0 Å². The van der Waals surface area contributed by atoms with Crippen LogP contribution in [0.5, 0.6) is 0 Å². The highest BCUT2D eigenvalue weighted by atomic mass is 19.1. The average Bonchev–Trinajstić information content (AvgIpc) is 2.54. The minimum atomic E-state index is -0.878. The topological polar surface area (TPSA) is 38.0 Å². The first kappa shape index (κ1) is 9.65. The second kappa shape index (κ2) is 2.79. The molecule has 1 heterocycles. The van der Waals surface area contributed by atoms with Crippen LogP contribution in [-0.2, 0) is 7.05 Å². The fourth-order valence-corrected chi connectivity index (χ4v) is 1.85. The van der Waals surface area contributed by atoms with E-state index in [2.05, 4.69) is 5.10 Å². The van der Waals surface area contributed by atoms with E-state index in [1.165, 1.54) is 0 Å². The molecule has 1 fully saturated rings. The molecule has 1 aromatic rings. The molecule has 3 nitrogen and oxygen atoms in total. The quantitative estimate of drug-likeness (QED) is 0.782. The second-order valence-electron chi connectivity index (χ2n) is 4.42. The van der Waals surface area contributed by atoms with Crippen LogP contribution in [0.3, 0.4) is 0 Å². The Morgan fingerprint density at radius 2 is 2.36 bits per heavy atom. The largest absolute Gasteiger partial charge is 0.388 e. The van der Waals surface area contributed by atoms with Crippen molar-refractivity contribution in [2.45, 2.75) is 32.5 Å². The number of halogens is 1. The summed E-state index contributed by atoms with van der Waals surface area (Å²) in [5.41, 5.74) is 0.934. The molecule has 4 heteroatoms. The number of alkyl halides is 1. The Hall–Kier alpha value is -0.900. The molecule has 0 bridgehead atoms. The van der Waals surface area contributed by atoms with Crippen molar-refractivity contribution in [1.82, 2.24) is 9.78 Å². The Labute approximate surface area is 82.5 Å². The molecule has 3 unspecified atom stereocenters. The fourth-order valence-electron chi connectivity index (χ4n) is 1.85. The van der Waals surface area contributed by atoms with Gasteiger partial charge in [-0.05, 0) is 13.3 Å². The predicted octanol–water partition coefficient (Wildman–Crippen LogP) is 1.51. The van der Waals surface area contributed by atoms with Gasteiger partial charge in [-0.2, -0.15) is 5.10 Å². The van der Waals surface area contributed by atoms with Crippen molar-refractivity contribution >= 4 is 0 Å². The molecule has 1 N–H and O–H groups in total. The zero-order valence-electron chi connectivity index (χ0n) is 8.66. The third-order valence-electron chi connectivity index (χ3n) is 3.15. The minimum absolute atomic E-state index is 0.447. The molecule has 0 aliphatic heterocycles. The number of aryl methyl sites for hydroxylation is 2.